The van der Waals surface area contributed by atoms with Gasteiger partial charge < -0.3 is 4.42 Å². The lowest BCUT2D eigenvalue weighted by atomic mass is 10.0. The monoisotopic (exact) mass is 331 g/mol. The van der Waals surface area contributed by atoms with Crippen molar-refractivity contribution in [3.8, 4) is 0 Å². The number of aromatic nitrogens is 1. The summed E-state index contributed by atoms with van der Waals surface area (Å²) in [5.41, 5.74) is 1.84. The molecule has 0 aliphatic heterocycles. The van der Waals surface area contributed by atoms with Crippen LogP contribution in [-0.4, -0.2) is 10.4 Å². The summed E-state index contributed by atoms with van der Waals surface area (Å²) in [6.07, 6.45) is 11.8. The minimum atomic E-state index is -0.395. The fourth-order valence-corrected chi connectivity index (χ4v) is 3.05. The predicted octanol–water partition coefficient (Wildman–Crippen LogP) is 5.24. The Morgan fingerprint density at radius 3 is 2.29 bits per heavy atom. The van der Waals surface area contributed by atoms with Crippen molar-refractivity contribution in [3.63, 3.8) is 0 Å². The van der Waals surface area contributed by atoms with E-state index >= 15 is 0 Å². The second-order valence-corrected chi connectivity index (χ2v) is 6.61. The van der Waals surface area contributed by atoms with Gasteiger partial charge in [0.25, 0.3) is 0 Å². The molecule has 0 aliphatic carbocycles. The number of hydrogen-bond acceptors (Lipinski definition) is 3. The molecule has 0 N–H and O–H groups in total. The maximum absolute atomic E-state index is 12.3. The SMILES string of the molecule is CCCCCCCCCCCC(=O)c1ccc2c(c1)oc(=O)n2C. The molecule has 2 rings (SSSR count). The molecule has 0 aliphatic rings. The maximum Gasteiger partial charge on any atom is 0.419 e. The summed E-state index contributed by atoms with van der Waals surface area (Å²) in [4.78, 5) is 23.7. The lowest BCUT2D eigenvalue weighted by Gasteiger charge is -2.03. The standard InChI is InChI=1S/C20H29NO3/c1-3-4-5-6-7-8-9-10-11-12-18(22)16-13-14-17-19(15-16)24-20(23)21(17)2/h13-15H,3-12H2,1-2H3. The number of benzene rings is 1. The number of carbonyl (C=O) groups is 1. The number of unbranched alkanes of at least 4 members (excludes halogenated alkanes) is 8. The van der Waals surface area contributed by atoms with Gasteiger partial charge in [-0.3, -0.25) is 9.36 Å². The average Bonchev–Trinajstić information content (AvgIpc) is 2.87. The van der Waals surface area contributed by atoms with Crippen molar-refractivity contribution in [1.82, 2.24) is 4.57 Å². The topological polar surface area (TPSA) is 52.2 Å². The van der Waals surface area contributed by atoms with Crippen molar-refractivity contribution in [3.05, 3.63) is 34.3 Å². The van der Waals surface area contributed by atoms with E-state index < -0.39 is 5.76 Å². The predicted molar refractivity (Wildman–Crippen MR) is 97.6 cm³/mol. The number of nitrogens with zero attached hydrogens (tertiary/aromatic N) is 1. The number of hydrogen-bond donors (Lipinski definition) is 0. The fourth-order valence-electron chi connectivity index (χ4n) is 3.05. The van der Waals surface area contributed by atoms with Crippen LogP contribution in [0.15, 0.2) is 27.4 Å². The largest absolute Gasteiger partial charge is 0.419 e. The smallest absolute Gasteiger partial charge is 0.408 e. The third-order valence-corrected chi connectivity index (χ3v) is 4.62. The minimum Gasteiger partial charge on any atom is -0.408 e. The van der Waals surface area contributed by atoms with Gasteiger partial charge in [0.2, 0.25) is 0 Å². The van der Waals surface area contributed by atoms with Crippen LogP contribution in [0.5, 0.6) is 0 Å². The van der Waals surface area contributed by atoms with E-state index in [1.165, 1.54) is 49.5 Å². The van der Waals surface area contributed by atoms with Crippen LogP contribution in [-0.2, 0) is 7.05 Å². The highest BCUT2D eigenvalue weighted by Gasteiger charge is 2.10. The van der Waals surface area contributed by atoms with Crippen LogP contribution in [0.4, 0.5) is 0 Å². The van der Waals surface area contributed by atoms with E-state index in [4.69, 9.17) is 4.42 Å². The van der Waals surface area contributed by atoms with Crippen LogP contribution in [0.3, 0.4) is 0 Å². The fraction of sp³-hybridized carbons (Fsp3) is 0.600. The molecule has 24 heavy (non-hydrogen) atoms. The zero-order valence-corrected chi connectivity index (χ0v) is 15.0. The van der Waals surface area contributed by atoms with E-state index in [0.717, 1.165) is 18.4 Å². The van der Waals surface area contributed by atoms with Gasteiger partial charge in [0.05, 0.1) is 5.52 Å². The first-order valence-corrected chi connectivity index (χ1v) is 9.26. The summed E-state index contributed by atoms with van der Waals surface area (Å²) in [6.45, 7) is 2.24. The first-order chi connectivity index (χ1) is 11.6. The van der Waals surface area contributed by atoms with E-state index in [-0.39, 0.29) is 5.78 Å². The second-order valence-electron chi connectivity index (χ2n) is 6.61. The molecule has 132 valence electrons. The molecule has 0 spiro atoms. The molecule has 0 saturated carbocycles. The molecule has 0 saturated heterocycles. The molecule has 1 aromatic carbocycles. The van der Waals surface area contributed by atoms with E-state index in [2.05, 4.69) is 6.92 Å². The number of rotatable bonds is 11. The molecule has 4 heteroatoms. The van der Waals surface area contributed by atoms with Gasteiger partial charge in [-0.25, -0.2) is 4.79 Å². The van der Waals surface area contributed by atoms with Gasteiger partial charge in [-0.15, -0.1) is 0 Å². The normalized spacial score (nSPS) is 11.2. The molecule has 0 amide bonds. The van der Waals surface area contributed by atoms with Crippen molar-refractivity contribution < 1.29 is 9.21 Å². The summed E-state index contributed by atoms with van der Waals surface area (Å²) in [6, 6.07) is 5.25. The summed E-state index contributed by atoms with van der Waals surface area (Å²) in [7, 11) is 1.66. The Morgan fingerprint density at radius 1 is 1.00 bits per heavy atom. The Bertz CT molecular complexity index is 711. The van der Waals surface area contributed by atoms with Gasteiger partial charge in [0, 0.05) is 19.0 Å². The first-order valence-electron chi connectivity index (χ1n) is 9.26. The van der Waals surface area contributed by atoms with Crippen LogP contribution in [0.2, 0.25) is 0 Å². The highest BCUT2D eigenvalue weighted by Crippen LogP contribution is 2.17. The van der Waals surface area contributed by atoms with Crippen molar-refractivity contribution in [2.75, 3.05) is 0 Å². The highest BCUT2D eigenvalue weighted by molar-refractivity contribution is 5.98. The quantitative estimate of drug-likeness (QED) is 0.418. The number of carbonyl (C=O) groups excluding carboxylic acids is 1. The summed E-state index contributed by atoms with van der Waals surface area (Å²) in [5.74, 6) is -0.264. The van der Waals surface area contributed by atoms with Crippen LogP contribution < -0.4 is 5.76 Å². The van der Waals surface area contributed by atoms with Gasteiger partial charge in [0.15, 0.2) is 11.4 Å². The first kappa shape index (κ1) is 18.5. The van der Waals surface area contributed by atoms with E-state index in [1.807, 2.05) is 0 Å². The van der Waals surface area contributed by atoms with Crippen molar-refractivity contribution in [2.24, 2.45) is 7.05 Å². The maximum atomic E-state index is 12.3. The van der Waals surface area contributed by atoms with Crippen molar-refractivity contribution >= 4 is 16.9 Å². The second kappa shape index (κ2) is 9.45. The van der Waals surface area contributed by atoms with E-state index in [0.29, 0.717) is 17.6 Å². The van der Waals surface area contributed by atoms with Crippen LogP contribution in [0.1, 0.15) is 81.5 Å². The lowest BCUT2D eigenvalue weighted by Crippen LogP contribution is -2.08. The molecule has 0 bridgehead atoms. The van der Waals surface area contributed by atoms with Crippen molar-refractivity contribution in [1.29, 1.82) is 0 Å². The van der Waals surface area contributed by atoms with Gasteiger partial charge in [-0.2, -0.15) is 0 Å². The van der Waals surface area contributed by atoms with Gasteiger partial charge in [-0.05, 0) is 24.6 Å². The molecule has 4 nitrogen and oxygen atoms in total. The van der Waals surface area contributed by atoms with Crippen LogP contribution >= 0.6 is 0 Å². The van der Waals surface area contributed by atoms with E-state index in [1.54, 1.807) is 25.2 Å². The number of ketones is 1. The molecule has 1 aromatic heterocycles. The molecule has 1 heterocycles. The summed E-state index contributed by atoms with van der Waals surface area (Å²) in [5, 5.41) is 0. The number of oxazole rings is 1. The highest BCUT2D eigenvalue weighted by atomic mass is 16.4. The van der Waals surface area contributed by atoms with Crippen LogP contribution in [0.25, 0.3) is 11.1 Å². The Morgan fingerprint density at radius 2 is 1.62 bits per heavy atom. The zero-order chi connectivity index (χ0) is 17.4. The van der Waals surface area contributed by atoms with Gasteiger partial charge in [0.1, 0.15) is 0 Å². The minimum absolute atomic E-state index is 0.131. The van der Waals surface area contributed by atoms with E-state index in [9.17, 15) is 9.59 Å². The average molecular weight is 331 g/mol. The zero-order valence-electron chi connectivity index (χ0n) is 15.0. The molecular formula is C20H29NO3. The third-order valence-electron chi connectivity index (χ3n) is 4.62. The molecule has 0 unspecified atom stereocenters. The Balaban J connectivity index is 1.70. The summed E-state index contributed by atoms with van der Waals surface area (Å²) < 4.78 is 6.59. The molecule has 0 atom stereocenters. The number of aryl methyl sites for hydroxylation is 1. The number of fused-ring (bicyclic) bond motifs is 1. The molecular weight excluding hydrogens is 302 g/mol. The Hall–Kier alpha value is -1.84. The third kappa shape index (κ3) is 5.08. The molecule has 0 radical (unpaired) electrons. The number of Topliss-reactive ketones (excluding diaryl/α,β-unsaturated/α-hetero) is 1. The van der Waals surface area contributed by atoms with Gasteiger partial charge >= 0.3 is 5.76 Å². The van der Waals surface area contributed by atoms with Crippen molar-refractivity contribution in [2.45, 2.75) is 71.1 Å². The summed E-state index contributed by atoms with van der Waals surface area (Å²) >= 11 is 0. The Labute approximate surface area is 143 Å². The Kier molecular flexibility index (Phi) is 7.29. The molecule has 0 fully saturated rings. The molecule has 2 aromatic rings. The van der Waals surface area contributed by atoms with Crippen LogP contribution in [0, 0.1) is 0 Å². The van der Waals surface area contributed by atoms with Gasteiger partial charge in [-0.1, -0.05) is 58.3 Å². The lowest BCUT2D eigenvalue weighted by molar-refractivity contribution is 0.0979.